The summed E-state index contributed by atoms with van der Waals surface area (Å²) in [6.07, 6.45) is 4.99. The molecule has 1 saturated heterocycles. The summed E-state index contributed by atoms with van der Waals surface area (Å²) < 4.78 is 0. The van der Waals surface area contributed by atoms with E-state index in [1.807, 2.05) is 0 Å². The summed E-state index contributed by atoms with van der Waals surface area (Å²) in [5.74, 6) is -0.0820. The molecule has 0 saturated carbocycles. The minimum atomic E-state index is -0.123. The highest BCUT2D eigenvalue weighted by atomic mass is 16.2. The lowest BCUT2D eigenvalue weighted by Gasteiger charge is -2.16. The molecule has 3 N–H and O–H groups in total. The maximum absolute atomic E-state index is 12.1. The lowest BCUT2D eigenvalue weighted by molar-refractivity contribution is -0.890. The van der Waals surface area contributed by atoms with Gasteiger partial charge in [-0.05, 0) is 49.9 Å². The van der Waals surface area contributed by atoms with E-state index in [-0.39, 0.29) is 11.8 Å². The van der Waals surface area contributed by atoms with Crippen LogP contribution in [0.4, 0.5) is 5.69 Å². The van der Waals surface area contributed by atoms with Crippen molar-refractivity contribution in [2.45, 2.75) is 25.7 Å². The van der Waals surface area contributed by atoms with Gasteiger partial charge in [0.25, 0.3) is 11.8 Å². The Labute approximate surface area is 125 Å². The van der Waals surface area contributed by atoms with E-state index in [1.165, 1.54) is 30.6 Å². The van der Waals surface area contributed by atoms with Gasteiger partial charge < -0.3 is 15.5 Å². The van der Waals surface area contributed by atoms with Crippen LogP contribution < -0.4 is 15.5 Å². The number of carbonyl (C=O) groups excluding carboxylic acids is 2. The number of carbonyl (C=O) groups is 2. The zero-order chi connectivity index (χ0) is 15.1. The topological polar surface area (TPSA) is 62.6 Å². The summed E-state index contributed by atoms with van der Waals surface area (Å²) in [4.78, 5) is 24.9. The van der Waals surface area contributed by atoms with Crippen molar-refractivity contribution in [3.05, 3.63) is 29.8 Å². The molecule has 0 aliphatic carbocycles. The van der Waals surface area contributed by atoms with Gasteiger partial charge in [0, 0.05) is 18.3 Å². The summed E-state index contributed by atoms with van der Waals surface area (Å²) in [6, 6.07) is 6.96. The summed E-state index contributed by atoms with van der Waals surface area (Å²) in [5, 5.41) is 5.47. The van der Waals surface area contributed by atoms with Gasteiger partial charge in [-0.1, -0.05) is 0 Å². The second-order valence-corrected chi connectivity index (χ2v) is 5.55. The lowest BCUT2D eigenvalue weighted by Crippen LogP contribution is -3.12. The molecule has 0 aromatic heterocycles. The molecule has 1 fully saturated rings. The minimum absolute atomic E-state index is 0.0413. The van der Waals surface area contributed by atoms with Gasteiger partial charge in [-0.2, -0.15) is 0 Å². The second-order valence-electron chi connectivity index (χ2n) is 5.55. The fourth-order valence-electron chi connectivity index (χ4n) is 2.69. The standard InChI is InChI=1S/C16H23N3O2/c1-17-16(21)13-6-8-14(9-7-13)18-15(20)12-19-10-4-2-3-5-11-19/h6-9H,2-5,10-12H2,1H3,(H,17,21)(H,18,20)/p+1. The smallest absolute Gasteiger partial charge is 0.279 e. The first-order valence-electron chi connectivity index (χ1n) is 7.64. The average molecular weight is 290 g/mol. The molecule has 1 aromatic rings. The quantitative estimate of drug-likeness (QED) is 0.754. The summed E-state index contributed by atoms with van der Waals surface area (Å²) in [7, 11) is 1.60. The van der Waals surface area contributed by atoms with Crippen molar-refractivity contribution in [2.75, 3.05) is 32.0 Å². The van der Waals surface area contributed by atoms with E-state index in [4.69, 9.17) is 0 Å². The molecular weight excluding hydrogens is 266 g/mol. The van der Waals surface area contributed by atoms with Crippen molar-refractivity contribution in [2.24, 2.45) is 0 Å². The third-order valence-corrected chi connectivity index (χ3v) is 3.88. The molecule has 114 valence electrons. The molecule has 1 heterocycles. The Balaban J connectivity index is 1.85. The third-order valence-electron chi connectivity index (χ3n) is 3.88. The van der Waals surface area contributed by atoms with Crippen LogP contribution in [0.1, 0.15) is 36.0 Å². The van der Waals surface area contributed by atoms with Crippen LogP contribution in [0.5, 0.6) is 0 Å². The zero-order valence-electron chi connectivity index (χ0n) is 12.6. The predicted octanol–water partition coefficient (Wildman–Crippen LogP) is 0.444. The van der Waals surface area contributed by atoms with E-state index < -0.39 is 0 Å². The van der Waals surface area contributed by atoms with E-state index in [0.29, 0.717) is 12.1 Å². The summed E-state index contributed by atoms with van der Waals surface area (Å²) >= 11 is 0. The monoisotopic (exact) mass is 290 g/mol. The normalized spacial score (nSPS) is 16.0. The van der Waals surface area contributed by atoms with Gasteiger partial charge in [-0.15, -0.1) is 0 Å². The molecule has 1 aliphatic heterocycles. The van der Waals surface area contributed by atoms with E-state index in [1.54, 1.807) is 31.3 Å². The molecule has 0 radical (unpaired) electrons. The van der Waals surface area contributed by atoms with E-state index in [9.17, 15) is 9.59 Å². The van der Waals surface area contributed by atoms with E-state index in [2.05, 4.69) is 10.6 Å². The SMILES string of the molecule is CNC(=O)c1ccc(NC(=O)C[NH+]2CCCCCC2)cc1. The highest BCUT2D eigenvalue weighted by Crippen LogP contribution is 2.09. The summed E-state index contributed by atoms with van der Waals surface area (Å²) in [6.45, 7) is 2.70. The molecule has 0 bridgehead atoms. The maximum atomic E-state index is 12.1. The molecule has 0 spiro atoms. The Bertz CT molecular complexity index is 477. The number of rotatable bonds is 4. The van der Waals surface area contributed by atoms with Crippen molar-refractivity contribution in [1.29, 1.82) is 0 Å². The second kappa shape index (κ2) is 7.78. The number of benzene rings is 1. The van der Waals surface area contributed by atoms with Crippen molar-refractivity contribution < 1.29 is 14.5 Å². The minimum Gasteiger partial charge on any atom is -0.355 e. The first-order valence-corrected chi connectivity index (χ1v) is 7.64. The molecule has 1 aliphatic rings. The van der Waals surface area contributed by atoms with Crippen molar-refractivity contribution in [3.63, 3.8) is 0 Å². The van der Waals surface area contributed by atoms with Crippen LogP contribution in [0.25, 0.3) is 0 Å². The number of likely N-dealkylation sites (tertiary alicyclic amines) is 1. The van der Waals surface area contributed by atoms with Crippen molar-refractivity contribution in [1.82, 2.24) is 5.32 Å². The molecular formula is C16H24N3O2+. The highest BCUT2D eigenvalue weighted by molar-refractivity contribution is 5.95. The van der Waals surface area contributed by atoms with Crippen LogP contribution in [0.15, 0.2) is 24.3 Å². The predicted molar refractivity (Wildman–Crippen MR) is 82.5 cm³/mol. The summed E-state index contributed by atoms with van der Waals surface area (Å²) in [5.41, 5.74) is 1.33. The average Bonchev–Trinajstić information content (AvgIpc) is 2.75. The number of hydrogen-bond donors (Lipinski definition) is 3. The molecule has 5 heteroatoms. The Kier molecular flexibility index (Phi) is 5.75. The maximum Gasteiger partial charge on any atom is 0.279 e. The molecule has 0 atom stereocenters. The van der Waals surface area contributed by atoms with Crippen LogP contribution in [-0.4, -0.2) is 38.5 Å². The Morgan fingerprint density at radius 3 is 2.24 bits per heavy atom. The highest BCUT2D eigenvalue weighted by Gasteiger charge is 2.16. The number of nitrogens with one attached hydrogen (secondary N) is 3. The first kappa shape index (κ1) is 15.5. The largest absolute Gasteiger partial charge is 0.355 e. The Morgan fingerprint density at radius 1 is 1.05 bits per heavy atom. The van der Waals surface area contributed by atoms with Gasteiger partial charge in [0.15, 0.2) is 6.54 Å². The van der Waals surface area contributed by atoms with Gasteiger partial charge >= 0.3 is 0 Å². The fraction of sp³-hybridized carbons (Fsp3) is 0.500. The fourth-order valence-corrected chi connectivity index (χ4v) is 2.69. The van der Waals surface area contributed by atoms with Crippen LogP contribution in [0.2, 0.25) is 0 Å². The Morgan fingerprint density at radius 2 is 1.67 bits per heavy atom. The van der Waals surface area contributed by atoms with Gasteiger partial charge in [0.05, 0.1) is 13.1 Å². The number of quaternary nitrogens is 1. The van der Waals surface area contributed by atoms with Crippen LogP contribution in [0, 0.1) is 0 Å². The number of anilines is 1. The first-order chi connectivity index (χ1) is 10.2. The molecule has 5 nitrogen and oxygen atoms in total. The Hall–Kier alpha value is -1.88. The van der Waals surface area contributed by atoms with Crippen molar-refractivity contribution in [3.8, 4) is 0 Å². The third kappa shape index (κ3) is 4.86. The van der Waals surface area contributed by atoms with Gasteiger partial charge in [-0.25, -0.2) is 0 Å². The van der Waals surface area contributed by atoms with Crippen LogP contribution >= 0.6 is 0 Å². The molecule has 2 amide bonds. The number of hydrogen-bond acceptors (Lipinski definition) is 2. The van der Waals surface area contributed by atoms with E-state index in [0.717, 1.165) is 18.8 Å². The zero-order valence-corrected chi connectivity index (χ0v) is 12.6. The lowest BCUT2D eigenvalue weighted by atomic mass is 10.2. The molecule has 1 aromatic carbocycles. The van der Waals surface area contributed by atoms with Crippen LogP contribution in [0.3, 0.4) is 0 Å². The molecule has 0 unspecified atom stereocenters. The van der Waals surface area contributed by atoms with Crippen LogP contribution in [-0.2, 0) is 4.79 Å². The van der Waals surface area contributed by atoms with Gasteiger partial charge in [0.2, 0.25) is 0 Å². The van der Waals surface area contributed by atoms with Gasteiger partial charge in [0.1, 0.15) is 0 Å². The number of amides is 2. The van der Waals surface area contributed by atoms with Gasteiger partial charge in [-0.3, -0.25) is 9.59 Å². The molecule has 2 rings (SSSR count). The van der Waals surface area contributed by atoms with Crippen molar-refractivity contribution >= 4 is 17.5 Å². The molecule has 21 heavy (non-hydrogen) atoms. The van der Waals surface area contributed by atoms with E-state index >= 15 is 0 Å².